The van der Waals surface area contributed by atoms with E-state index in [9.17, 15) is 13.2 Å². The van der Waals surface area contributed by atoms with E-state index in [0.717, 1.165) is 17.5 Å². The molecule has 3 unspecified atom stereocenters. The third kappa shape index (κ3) is 9.58. The molecule has 3 aromatic carbocycles. The number of nitrogens with zero attached hydrogens (tertiary/aromatic N) is 5. The average molecular weight is 884 g/mol. The lowest BCUT2D eigenvalue weighted by Crippen LogP contribution is -2.49. The van der Waals surface area contributed by atoms with Crippen LogP contribution in [0, 0.1) is 18.7 Å². The zero-order chi connectivity index (χ0) is 44.7. The SMILES string of the molecule is CCS(=O)(=O)c1nc2c(c(N3CC4CCC(C3)N(C(=O)OC(C)(C)C)C4)n1)COC(c1c(F)c(N(Cc3ccc(OC)cc3)Cc3ccc(OC)cc3)cc(C)c1C(F)(F)F)C2. The molecule has 0 N–H and O–H groups in total. The molecule has 0 spiro atoms. The van der Waals surface area contributed by atoms with Crippen molar-refractivity contribution in [2.24, 2.45) is 5.92 Å². The fourth-order valence-electron chi connectivity index (χ4n) is 8.58. The van der Waals surface area contributed by atoms with Crippen molar-refractivity contribution in [2.45, 2.75) is 103 Å². The number of methoxy groups -OCH3 is 2. The van der Waals surface area contributed by atoms with Crippen molar-refractivity contribution in [2.75, 3.05) is 49.4 Å². The second-order valence-corrected chi connectivity index (χ2v) is 19.3. The summed E-state index contributed by atoms with van der Waals surface area (Å²) in [6.07, 6.45) is -5.76. The van der Waals surface area contributed by atoms with Crippen molar-refractivity contribution in [3.63, 3.8) is 0 Å². The largest absolute Gasteiger partial charge is 0.497 e. The first-order valence-electron chi connectivity index (χ1n) is 20.7. The molecule has 17 heteroatoms. The monoisotopic (exact) mass is 883 g/mol. The molecular weight excluding hydrogens is 831 g/mol. The summed E-state index contributed by atoms with van der Waals surface area (Å²) in [4.78, 5) is 27.7. The molecule has 4 aliphatic heterocycles. The molecule has 62 heavy (non-hydrogen) atoms. The minimum Gasteiger partial charge on any atom is -0.497 e. The van der Waals surface area contributed by atoms with Gasteiger partial charge >= 0.3 is 12.3 Å². The van der Waals surface area contributed by atoms with Crippen LogP contribution in [0.5, 0.6) is 11.5 Å². The smallest absolute Gasteiger partial charge is 0.417 e. The summed E-state index contributed by atoms with van der Waals surface area (Å²) >= 11 is 0. The molecule has 3 atom stereocenters. The molecule has 1 amide bonds. The van der Waals surface area contributed by atoms with Crippen molar-refractivity contribution in [3.8, 4) is 11.5 Å². The van der Waals surface area contributed by atoms with Crippen LogP contribution in [0.2, 0.25) is 0 Å². The number of alkyl halides is 3. The molecule has 4 aromatic rings. The lowest BCUT2D eigenvalue weighted by molar-refractivity contribution is -0.140. The van der Waals surface area contributed by atoms with Gasteiger partial charge in [-0.3, -0.25) is 0 Å². The highest BCUT2D eigenvalue weighted by molar-refractivity contribution is 7.91. The quantitative estimate of drug-likeness (QED) is 0.106. The van der Waals surface area contributed by atoms with Gasteiger partial charge in [0.1, 0.15) is 22.9 Å². The molecule has 5 heterocycles. The Morgan fingerprint density at radius 3 is 2.08 bits per heavy atom. The Morgan fingerprint density at radius 2 is 1.53 bits per heavy atom. The van der Waals surface area contributed by atoms with Gasteiger partial charge in [0.05, 0.1) is 55.7 Å². The molecule has 2 bridgehead atoms. The van der Waals surface area contributed by atoms with Crippen LogP contribution in [-0.2, 0) is 51.6 Å². The van der Waals surface area contributed by atoms with Gasteiger partial charge in [0, 0.05) is 50.3 Å². The van der Waals surface area contributed by atoms with E-state index in [2.05, 4.69) is 9.97 Å². The highest BCUT2D eigenvalue weighted by Gasteiger charge is 2.44. The van der Waals surface area contributed by atoms with E-state index in [-0.39, 0.29) is 66.6 Å². The van der Waals surface area contributed by atoms with Gasteiger partial charge in [-0.25, -0.2) is 27.6 Å². The Kier molecular flexibility index (Phi) is 12.7. The van der Waals surface area contributed by atoms with Crippen molar-refractivity contribution < 1.29 is 49.7 Å². The van der Waals surface area contributed by atoms with Gasteiger partial charge in [0.25, 0.3) is 0 Å². The Hall–Kier alpha value is -5.16. The molecule has 4 aliphatic rings. The molecule has 334 valence electrons. The van der Waals surface area contributed by atoms with Gasteiger partial charge in [0.2, 0.25) is 15.0 Å². The van der Waals surface area contributed by atoms with Crippen molar-refractivity contribution in [3.05, 3.63) is 99.5 Å². The third-order valence-electron chi connectivity index (χ3n) is 11.6. The minimum absolute atomic E-state index is 0.00306. The van der Waals surface area contributed by atoms with Crippen molar-refractivity contribution in [1.82, 2.24) is 14.9 Å². The van der Waals surface area contributed by atoms with E-state index in [1.165, 1.54) is 34.1 Å². The number of aromatic nitrogens is 2. The van der Waals surface area contributed by atoms with E-state index in [1.54, 1.807) is 79.1 Å². The molecule has 0 aliphatic carbocycles. The van der Waals surface area contributed by atoms with Gasteiger partial charge in [-0.15, -0.1) is 0 Å². The predicted molar refractivity (Wildman–Crippen MR) is 225 cm³/mol. The van der Waals surface area contributed by atoms with Crippen LogP contribution in [0.25, 0.3) is 0 Å². The minimum atomic E-state index is -4.97. The number of hydrogen-bond acceptors (Lipinski definition) is 11. The maximum atomic E-state index is 17.5. The summed E-state index contributed by atoms with van der Waals surface area (Å²) in [5.74, 6) is 0.0576. The maximum Gasteiger partial charge on any atom is 0.417 e. The summed E-state index contributed by atoms with van der Waals surface area (Å²) in [7, 11) is -0.951. The fraction of sp³-hybridized carbons (Fsp3) is 0.489. The third-order valence-corrected chi connectivity index (χ3v) is 13.1. The van der Waals surface area contributed by atoms with Gasteiger partial charge in [-0.05, 0) is 93.5 Å². The number of benzene rings is 3. The summed E-state index contributed by atoms with van der Waals surface area (Å²) in [6, 6.07) is 15.2. The van der Waals surface area contributed by atoms with Gasteiger partial charge < -0.3 is 33.6 Å². The highest BCUT2D eigenvalue weighted by atomic mass is 32.2. The van der Waals surface area contributed by atoms with E-state index in [1.807, 2.05) is 4.90 Å². The molecule has 0 radical (unpaired) electrons. The fourth-order valence-corrected chi connectivity index (χ4v) is 9.32. The van der Waals surface area contributed by atoms with E-state index in [4.69, 9.17) is 18.9 Å². The number of carbonyl (C=O) groups is 1. The molecule has 3 fully saturated rings. The van der Waals surface area contributed by atoms with Crippen LogP contribution in [0.15, 0.2) is 59.8 Å². The van der Waals surface area contributed by atoms with Crippen molar-refractivity contribution in [1.29, 1.82) is 0 Å². The molecule has 0 saturated carbocycles. The van der Waals surface area contributed by atoms with Crippen molar-refractivity contribution >= 4 is 27.4 Å². The normalized spacial score (nSPS) is 19.2. The number of fused-ring (bicyclic) bond motifs is 5. The van der Waals surface area contributed by atoms with E-state index < -0.39 is 55.9 Å². The molecule has 1 aromatic heterocycles. The lowest BCUT2D eigenvalue weighted by atomic mass is 9.90. The van der Waals surface area contributed by atoms with Crippen LogP contribution in [0.3, 0.4) is 0 Å². The molecular formula is C45H53F4N5O7S. The Balaban J connectivity index is 1.30. The Bertz CT molecular complexity index is 2340. The van der Waals surface area contributed by atoms with E-state index in [0.29, 0.717) is 43.1 Å². The number of amides is 1. The van der Waals surface area contributed by atoms with Crippen LogP contribution in [0.4, 0.5) is 33.9 Å². The molecule has 3 saturated heterocycles. The Morgan fingerprint density at radius 1 is 0.919 bits per heavy atom. The number of aryl methyl sites for hydroxylation is 1. The second kappa shape index (κ2) is 17.5. The van der Waals surface area contributed by atoms with Gasteiger partial charge in [-0.2, -0.15) is 13.2 Å². The summed E-state index contributed by atoms with van der Waals surface area (Å²) < 4.78 is 113. The van der Waals surface area contributed by atoms with Gasteiger partial charge in [-0.1, -0.05) is 31.2 Å². The van der Waals surface area contributed by atoms with Crippen LogP contribution < -0.4 is 19.3 Å². The number of anilines is 2. The number of carbonyl (C=O) groups excluding carboxylic acids is 1. The number of ether oxygens (including phenoxy) is 4. The number of rotatable bonds is 11. The van der Waals surface area contributed by atoms with Gasteiger partial charge in [0.15, 0.2) is 5.82 Å². The zero-order valence-corrected chi connectivity index (χ0v) is 36.8. The highest BCUT2D eigenvalue weighted by Crippen LogP contribution is 2.46. The summed E-state index contributed by atoms with van der Waals surface area (Å²) in [6.45, 7) is 9.26. The van der Waals surface area contributed by atoms with Crippen LogP contribution in [-0.4, -0.2) is 80.6 Å². The second-order valence-electron chi connectivity index (χ2n) is 17.2. The standard InChI is InChI=1S/C45H53F4N5O7S/c1-8-62(56,57)42-50-35-20-37(60-26-34(35)41(51-42)53-23-30-9-14-31(25-53)54(24-30)43(55)61-44(3,4)5)38-39(45(47,48)49)27(2)19-36(40(38)46)52(21-28-10-15-32(58-6)16-11-28)22-29-12-17-33(59-7)18-13-29/h10-13,15-19,30-31,37H,8-9,14,20-26H2,1-7H3. The van der Waals surface area contributed by atoms with Crippen LogP contribution in [0.1, 0.15) is 85.7 Å². The predicted octanol–water partition coefficient (Wildman–Crippen LogP) is 8.61. The topological polar surface area (TPSA) is 124 Å². The van der Waals surface area contributed by atoms with Crippen LogP contribution >= 0.6 is 0 Å². The maximum absolute atomic E-state index is 17.5. The Labute approximate surface area is 360 Å². The van der Waals surface area contributed by atoms with E-state index >= 15 is 17.6 Å². The first-order chi connectivity index (χ1) is 29.3. The zero-order valence-electron chi connectivity index (χ0n) is 36.0. The lowest BCUT2D eigenvalue weighted by Gasteiger charge is -2.37. The number of hydrogen-bond donors (Lipinski definition) is 0. The summed E-state index contributed by atoms with van der Waals surface area (Å²) in [5, 5.41) is -0.471. The average Bonchev–Trinajstić information content (AvgIpc) is 3.55. The molecule has 8 rings (SSSR count). The first kappa shape index (κ1) is 44.9. The number of halogens is 4. The first-order valence-corrected chi connectivity index (χ1v) is 22.3. The summed E-state index contributed by atoms with van der Waals surface area (Å²) in [5.41, 5.74) is -0.765. The molecule has 12 nitrogen and oxygen atoms in total. The number of piperidine rings is 1. The number of sulfone groups is 1.